The average Bonchev–Trinajstić information content (AvgIpc) is 2.44. The zero-order valence-electron chi connectivity index (χ0n) is 11.3. The van der Waals surface area contributed by atoms with Gasteiger partial charge in [0, 0.05) is 16.9 Å². The molecule has 0 bridgehead atoms. The van der Waals surface area contributed by atoms with Gasteiger partial charge in [0.05, 0.1) is 6.10 Å². The van der Waals surface area contributed by atoms with Gasteiger partial charge in [-0.05, 0) is 31.0 Å². The first-order valence-electron chi connectivity index (χ1n) is 6.98. The van der Waals surface area contributed by atoms with E-state index in [1.54, 1.807) is 0 Å². The zero-order valence-corrected chi connectivity index (χ0v) is 12.9. The molecule has 5 heteroatoms. The van der Waals surface area contributed by atoms with Crippen molar-refractivity contribution in [1.82, 2.24) is 5.32 Å². The van der Waals surface area contributed by atoms with E-state index in [-0.39, 0.29) is 24.5 Å². The molecule has 2 rings (SSSR count). The monoisotopic (exact) mass is 341 g/mol. The standard InChI is InChI=1S/C15H20BrNO3/c16-12-5-3-6-13(8-12)20-10-15(19)17-9-11-4-1-2-7-14(11)18/h3,5-6,8,11,14,18H,1-2,4,7,9-10H2,(H,17,19). The van der Waals surface area contributed by atoms with Crippen LogP contribution in [0.5, 0.6) is 5.75 Å². The van der Waals surface area contributed by atoms with E-state index >= 15 is 0 Å². The second kappa shape index (κ2) is 7.64. The van der Waals surface area contributed by atoms with Gasteiger partial charge in [-0.15, -0.1) is 0 Å². The van der Waals surface area contributed by atoms with Gasteiger partial charge in [0.2, 0.25) is 0 Å². The number of hydrogen-bond donors (Lipinski definition) is 2. The van der Waals surface area contributed by atoms with E-state index in [1.165, 1.54) is 0 Å². The summed E-state index contributed by atoms with van der Waals surface area (Å²) >= 11 is 3.35. The Labute approximate surface area is 127 Å². The van der Waals surface area contributed by atoms with E-state index in [4.69, 9.17) is 4.74 Å². The lowest BCUT2D eigenvalue weighted by Gasteiger charge is -2.27. The highest BCUT2D eigenvalue weighted by Crippen LogP contribution is 2.23. The van der Waals surface area contributed by atoms with Crippen molar-refractivity contribution in [2.75, 3.05) is 13.2 Å². The number of hydrogen-bond acceptors (Lipinski definition) is 3. The van der Waals surface area contributed by atoms with Crippen LogP contribution in [-0.4, -0.2) is 30.3 Å². The van der Waals surface area contributed by atoms with Crippen molar-refractivity contribution in [1.29, 1.82) is 0 Å². The lowest BCUT2D eigenvalue weighted by atomic mass is 9.86. The molecule has 4 nitrogen and oxygen atoms in total. The minimum absolute atomic E-state index is 0.000726. The fourth-order valence-electron chi connectivity index (χ4n) is 2.43. The zero-order chi connectivity index (χ0) is 14.4. The van der Waals surface area contributed by atoms with Crippen molar-refractivity contribution >= 4 is 21.8 Å². The Bertz CT molecular complexity index is 452. The van der Waals surface area contributed by atoms with Crippen LogP contribution in [0.4, 0.5) is 0 Å². The summed E-state index contributed by atoms with van der Waals surface area (Å²) in [6.07, 6.45) is 3.75. The van der Waals surface area contributed by atoms with Crippen molar-refractivity contribution in [2.45, 2.75) is 31.8 Å². The summed E-state index contributed by atoms with van der Waals surface area (Å²) < 4.78 is 6.33. The second-order valence-corrected chi connectivity index (χ2v) is 6.08. The third kappa shape index (κ3) is 4.80. The van der Waals surface area contributed by atoms with Crippen molar-refractivity contribution in [3.05, 3.63) is 28.7 Å². The van der Waals surface area contributed by atoms with Crippen LogP contribution in [0.25, 0.3) is 0 Å². The maximum absolute atomic E-state index is 11.7. The Morgan fingerprint density at radius 2 is 2.20 bits per heavy atom. The largest absolute Gasteiger partial charge is 0.484 e. The third-order valence-corrected chi connectivity index (χ3v) is 4.09. The molecule has 110 valence electrons. The lowest BCUT2D eigenvalue weighted by molar-refractivity contribution is -0.123. The molecule has 20 heavy (non-hydrogen) atoms. The number of aliphatic hydroxyl groups is 1. The van der Waals surface area contributed by atoms with E-state index in [9.17, 15) is 9.90 Å². The normalized spacial score (nSPS) is 22.3. The highest BCUT2D eigenvalue weighted by atomic mass is 79.9. The SMILES string of the molecule is O=C(COc1cccc(Br)c1)NCC1CCCCC1O. The number of carbonyl (C=O) groups is 1. The maximum Gasteiger partial charge on any atom is 0.257 e. The van der Waals surface area contributed by atoms with Gasteiger partial charge in [-0.25, -0.2) is 0 Å². The van der Waals surface area contributed by atoms with Crippen LogP contribution < -0.4 is 10.1 Å². The van der Waals surface area contributed by atoms with Crippen molar-refractivity contribution in [2.24, 2.45) is 5.92 Å². The number of benzene rings is 1. The van der Waals surface area contributed by atoms with E-state index in [0.29, 0.717) is 12.3 Å². The van der Waals surface area contributed by atoms with E-state index in [2.05, 4.69) is 21.2 Å². The fraction of sp³-hybridized carbons (Fsp3) is 0.533. The van der Waals surface area contributed by atoms with E-state index < -0.39 is 0 Å². The molecule has 1 aliphatic rings. The Balaban J connectivity index is 1.70. The Hall–Kier alpha value is -1.07. The number of nitrogens with one attached hydrogen (secondary N) is 1. The number of carbonyl (C=O) groups excluding carboxylic acids is 1. The van der Waals surface area contributed by atoms with Crippen molar-refractivity contribution in [3.8, 4) is 5.75 Å². The summed E-state index contributed by atoms with van der Waals surface area (Å²) in [7, 11) is 0. The molecule has 1 amide bonds. The summed E-state index contributed by atoms with van der Waals surface area (Å²) in [5.74, 6) is 0.688. The lowest BCUT2D eigenvalue weighted by Crippen LogP contribution is -2.38. The Morgan fingerprint density at radius 1 is 1.40 bits per heavy atom. The van der Waals surface area contributed by atoms with E-state index in [1.807, 2.05) is 24.3 Å². The summed E-state index contributed by atoms with van der Waals surface area (Å²) in [5, 5.41) is 12.7. The predicted octanol–water partition coefficient (Wildman–Crippen LogP) is 2.50. The second-order valence-electron chi connectivity index (χ2n) is 5.16. The van der Waals surface area contributed by atoms with Gasteiger partial charge in [0.15, 0.2) is 6.61 Å². The average molecular weight is 342 g/mol. The molecule has 1 fully saturated rings. The van der Waals surface area contributed by atoms with Crippen LogP contribution in [0.2, 0.25) is 0 Å². The van der Waals surface area contributed by atoms with Crippen molar-refractivity contribution < 1.29 is 14.6 Å². The van der Waals surface area contributed by atoms with Gasteiger partial charge in [0.25, 0.3) is 5.91 Å². The molecule has 1 aromatic carbocycles. The highest BCUT2D eigenvalue weighted by Gasteiger charge is 2.23. The highest BCUT2D eigenvalue weighted by molar-refractivity contribution is 9.10. The molecule has 0 saturated heterocycles. The first-order chi connectivity index (χ1) is 9.65. The van der Waals surface area contributed by atoms with Crippen LogP contribution in [0.3, 0.4) is 0 Å². The first-order valence-corrected chi connectivity index (χ1v) is 7.77. The van der Waals surface area contributed by atoms with E-state index in [0.717, 1.165) is 30.2 Å². The third-order valence-electron chi connectivity index (χ3n) is 3.60. The van der Waals surface area contributed by atoms with Gasteiger partial charge < -0.3 is 15.2 Å². The van der Waals surface area contributed by atoms with Gasteiger partial charge in [0.1, 0.15) is 5.75 Å². The minimum Gasteiger partial charge on any atom is -0.484 e. The summed E-state index contributed by atoms with van der Waals surface area (Å²) in [4.78, 5) is 11.7. The van der Waals surface area contributed by atoms with Crippen LogP contribution in [0, 0.1) is 5.92 Å². The smallest absolute Gasteiger partial charge is 0.257 e. The predicted molar refractivity (Wildman–Crippen MR) is 80.6 cm³/mol. The van der Waals surface area contributed by atoms with Gasteiger partial charge in [-0.1, -0.05) is 34.8 Å². The first kappa shape index (κ1) is 15.3. The van der Waals surface area contributed by atoms with Crippen LogP contribution in [-0.2, 0) is 4.79 Å². The molecule has 0 radical (unpaired) electrons. The molecular formula is C15H20BrNO3. The van der Waals surface area contributed by atoms with Gasteiger partial charge >= 0.3 is 0 Å². The van der Waals surface area contributed by atoms with Crippen molar-refractivity contribution in [3.63, 3.8) is 0 Å². The molecule has 1 saturated carbocycles. The quantitative estimate of drug-likeness (QED) is 0.864. The van der Waals surface area contributed by atoms with Crippen LogP contribution in [0.15, 0.2) is 28.7 Å². The molecule has 1 aliphatic carbocycles. The van der Waals surface area contributed by atoms with Crippen LogP contribution in [0.1, 0.15) is 25.7 Å². The number of rotatable bonds is 5. The Kier molecular flexibility index (Phi) is 5.86. The number of amides is 1. The molecule has 2 N–H and O–H groups in total. The maximum atomic E-state index is 11.7. The molecule has 2 atom stereocenters. The summed E-state index contributed by atoms with van der Waals surface area (Å²) in [6.45, 7) is 0.529. The van der Waals surface area contributed by atoms with Gasteiger partial charge in [-0.3, -0.25) is 4.79 Å². The Morgan fingerprint density at radius 3 is 2.95 bits per heavy atom. The number of ether oxygens (including phenoxy) is 1. The molecular weight excluding hydrogens is 322 g/mol. The fourth-order valence-corrected chi connectivity index (χ4v) is 2.81. The summed E-state index contributed by atoms with van der Waals surface area (Å²) in [5.41, 5.74) is 0. The topological polar surface area (TPSA) is 58.6 Å². The number of aliphatic hydroxyl groups excluding tert-OH is 1. The van der Waals surface area contributed by atoms with Gasteiger partial charge in [-0.2, -0.15) is 0 Å². The number of halogens is 1. The molecule has 0 heterocycles. The molecule has 1 aromatic rings. The minimum atomic E-state index is -0.282. The molecule has 0 aromatic heterocycles. The summed E-state index contributed by atoms with van der Waals surface area (Å²) in [6, 6.07) is 7.38. The molecule has 2 unspecified atom stereocenters. The molecule has 0 aliphatic heterocycles. The molecule has 0 spiro atoms. The van der Waals surface area contributed by atoms with Crippen LogP contribution >= 0.6 is 15.9 Å².